The van der Waals surface area contributed by atoms with Gasteiger partial charge in [-0.3, -0.25) is 19.4 Å². The Morgan fingerprint density at radius 3 is 2.55 bits per heavy atom. The zero-order valence-electron chi connectivity index (χ0n) is 11.1. The lowest BCUT2D eigenvalue weighted by atomic mass is 9.90. The molecule has 1 aromatic rings. The minimum absolute atomic E-state index is 0.0528. The van der Waals surface area contributed by atoms with E-state index < -0.39 is 11.9 Å². The molecule has 20 heavy (non-hydrogen) atoms. The molecule has 1 aromatic heterocycles. The van der Waals surface area contributed by atoms with Gasteiger partial charge in [-0.15, -0.1) is 0 Å². The van der Waals surface area contributed by atoms with Crippen LogP contribution in [-0.2, 0) is 9.59 Å². The highest BCUT2D eigenvalue weighted by Gasteiger charge is 2.24. The maximum absolute atomic E-state index is 12.3. The van der Waals surface area contributed by atoms with E-state index in [1.807, 2.05) is 0 Å². The van der Waals surface area contributed by atoms with E-state index >= 15 is 0 Å². The minimum atomic E-state index is -0.869. The number of carboxylic acid groups (broad SMARTS) is 1. The summed E-state index contributed by atoms with van der Waals surface area (Å²) >= 11 is 3.23. The maximum atomic E-state index is 12.3. The average molecular weight is 342 g/mol. The summed E-state index contributed by atoms with van der Waals surface area (Å²) in [7, 11) is 0. The Morgan fingerprint density at radius 1 is 1.30 bits per heavy atom. The van der Waals surface area contributed by atoms with Crippen LogP contribution in [0.1, 0.15) is 43.0 Å². The number of unbranched alkanes of at least 4 members (excludes halogenated alkanes) is 1. The van der Waals surface area contributed by atoms with E-state index in [0.29, 0.717) is 29.3 Å². The van der Waals surface area contributed by atoms with E-state index in [1.165, 1.54) is 13.1 Å². The van der Waals surface area contributed by atoms with Crippen LogP contribution in [0.4, 0.5) is 0 Å². The number of carbonyl (C=O) groups is 3. The summed E-state index contributed by atoms with van der Waals surface area (Å²) in [5.74, 6) is -2.06. The zero-order valence-corrected chi connectivity index (χ0v) is 12.7. The number of aromatic nitrogens is 1. The molecule has 0 fully saturated rings. The van der Waals surface area contributed by atoms with Gasteiger partial charge in [-0.1, -0.05) is 6.42 Å². The van der Waals surface area contributed by atoms with E-state index in [-0.39, 0.29) is 18.0 Å². The molecule has 1 rings (SSSR count). The second-order valence-corrected chi connectivity index (χ2v) is 5.47. The van der Waals surface area contributed by atoms with Crippen LogP contribution < -0.4 is 0 Å². The monoisotopic (exact) mass is 341 g/mol. The number of ketones is 2. The number of nitrogens with zero attached hydrogens (tertiary/aromatic N) is 1. The van der Waals surface area contributed by atoms with Crippen molar-refractivity contribution in [1.29, 1.82) is 0 Å². The number of aliphatic carboxylic acids is 1. The minimum Gasteiger partial charge on any atom is -0.481 e. The van der Waals surface area contributed by atoms with Crippen LogP contribution in [0.2, 0.25) is 0 Å². The first-order chi connectivity index (χ1) is 9.41. The lowest BCUT2D eigenvalue weighted by molar-refractivity contribution is -0.137. The number of carbonyl (C=O) groups excluding carboxylic acids is 2. The molecule has 6 heteroatoms. The number of hydrogen-bond acceptors (Lipinski definition) is 4. The lowest BCUT2D eigenvalue weighted by Crippen LogP contribution is -2.22. The third-order valence-corrected chi connectivity index (χ3v) is 3.36. The average Bonchev–Trinajstić information content (AvgIpc) is 2.37. The fourth-order valence-corrected chi connectivity index (χ4v) is 2.26. The van der Waals surface area contributed by atoms with Gasteiger partial charge in [0.1, 0.15) is 5.78 Å². The van der Waals surface area contributed by atoms with E-state index in [4.69, 9.17) is 5.11 Å². The molecule has 5 nitrogen and oxygen atoms in total. The van der Waals surface area contributed by atoms with Crippen LogP contribution in [0.3, 0.4) is 0 Å². The molecular weight excluding hydrogens is 326 g/mol. The molecule has 0 bridgehead atoms. The molecule has 0 aromatic carbocycles. The van der Waals surface area contributed by atoms with Gasteiger partial charge in [0.2, 0.25) is 0 Å². The number of Topliss-reactive ketones (excluding diaryl/α,β-unsaturated/α-hetero) is 2. The number of rotatable bonds is 8. The zero-order chi connectivity index (χ0) is 15.1. The van der Waals surface area contributed by atoms with Crippen LogP contribution in [0.15, 0.2) is 22.9 Å². The standard InChI is InChI=1S/C14H16BrNO4/c1-9(17)12(4-2-3-5-13(18)19)14(20)10-6-11(15)8-16-7-10/h6-8,12H,2-5H2,1H3,(H,18,19). The third-order valence-electron chi connectivity index (χ3n) is 2.93. The number of halogens is 1. The van der Waals surface area contributed by atoms with E-state index in [2.05, 4.69) is 20.9 Å². The molecule has 1 heterocycles. The van der Waals surface area contributed by atoms with Crippen molar-refractivity contribution in [2.45, 2.75) is 32.6 Å². The third kappa shape index (κ3) is 5.21. The van der Waals surface area contributed by atoms with Crippen molar-refractivity contribution in [3.8, 4) is 0 Å². The van der Waals surface area contributed by atoms with Crippen LogP contribution in [0.25, 0.3) is 0 Å². The van der Waals surface area contributed by atoms with Crippen molar-refractivity contribution in [3.63, 3.8) is 0 Å². The van der Waals surface area contributed by atoms with Crippen LogP contribution in [-0.4, -0.2) is 27.6 Å². The molecule has 108 valence electrons. The van der Waals surface area contributed by atoms with Gasteiger partial charge in [-0.25, -0.2) is 0 Å². The van der Waals surface area contributed by atoms with Crippen molar-refractivity contribution in [2.75, 3.05) is 0 Å². The summed E-state index contributed by atoms with van der Waals surface area (Å²) in [6, 6.07) is 1.63. The highest BCUT2D eigenvalue weighted by Crippen LogP contribution is 2.19. The first-order valence-electron chi connectivity index (χ1n) is 6.29. The Labute approximate surface area is 125 Å². The molecule has 1 unspecified atom stereocenters. The van der Waals surface area contributed by atoms with Crippen molar-refractivity contribution >= 4 is 33.5 Å². The molecule has 1 N–H and O–H groups in total. The molecule has 0 saturated heterocycles. The summed E-state index contributed by atoms with van der Waals surface area (Å²) < 4.78 is 0.677. The fourth-order valence-electron chi connectivity index (χ4n) is 1.89. The predicted octanol–water partition coefficient (Wildman–Crippen LogP) is 2.88. The summed E-state index contributed by atoms with van der Waals surface area (Å²) in [6.45, 7) is 1.38. The van der Waals surface area contributed by atoms with Crippen molar-refractivity contribution in [3.05, 3.63) is 28.5 Å². The number of pyridine rings is 1. The summed E-state index contributed by atoms with van der Waals surface area (Å²) in [4.78, 5) is 38.2. The van der Waals surface area contributed by atoms with Gasteiger partial charge in [0.05, 0.1) is 5.92 Å². The molecule has 0 saturated carbocycles. The quantitative estimate of drug-likeness (QED) is 0.446. The summed E-state index contributed by atoms with van der Waals surface area (Å²) in [5, 5.41) is 8.56. The van der Waals surface area contributed by atoms with Crippen LogP contribution >= 0.6 is 15.9 Å². The second-order valence-electron chi connectivity index (χ2n) is 4.56. The fraction of sp³-hybridized carbons (Fsp3) is 0.429. The Bertz CT molecular complexity index is 516. The molecular formula is C14H16BrNO4. The van der Waals surface area contributed by atoms with Gasteiger partial charge in [0, 0.05) is 28.9 Å². The molecule has 1 atom stereocenters. The molecule has 0 aliphatic rings. The molecule has 0 aliphatic heterocycles. The van der Waals surface area contributed by atoms with Gasteiger partial charge in [-0.2, -0.15) is 0 Å². The van der Waals surface area contributed by atoms with Gasteiger partial charge in [0.15, 0.2) is 5.78 Å². The van der Waals surface area contributed by atoms with Crippen molar-refractivity contribution < 1.29 is 19.5 Å². The molecule has 0 radical (unpaired) electrons. The second kappa shape index (κ2) is 7.89. The maximum Gasteiger partial charge on any atom is 0.303 e. The Kier molecular flexibility index (Phi) is 6.51. The van der Waals surface area contributed by atoms with Crippen molar-refractivity contribution in [1.82, 2.24) is 4.98 Å². The van der Waals surface area contributed by atoms with Gasteiger partial charge in [-0.05, 0) is 41.8 Å². The van der Waals surface area contributed by atoms with E-state index in [9.17, 15) is 14.4 Å². The van der Waals surface area contributed by atoms with Gasteiger partial charge in [0.25, 0.3) is 0 Å². The van der Waals surface area contributed by atoms with E-state index in [1.54, 1.807) is 12.3 Å². The predicted molar refractivity (Wildman–Crippen MR) is 76.5 cm³/mol. The van der Waals surface area contributed by atoms with Gasteiger partial charge < -0.3 is 5.11 Å². The highest BCUT2D eigenvalue weighted by atomic mass is 79.9. The van der Waals surface area contributed by atoms with Gasteiger partial charge >= 0.3 is 5.97 Å². The molecule has 0 amide bonds. The smallest absolute Gasteiger partial charge is 0.303 e. The summed E-state index contributed by atoms with van der Waals surface area (Å²) in [6.07, 6.45) is 4.41. The normalized spacial score (nSPS) is 11.9. The Hall–Kier alpha value is -1.56. The largest absolute Gasteiger partial charge is 0.481 e. The lowest BCUT2D eigenvalue weighted by Gasteiger charge is -2.12. The number of hydrogen-bond donors (Lipinski definition) is 1. The Balaban J connectivity index is 2.68. The van der Waals surface area contributed by atoms with E-state index in [0.717, 1.165) is 0 Å². The Morgan fingerprint density at radius 2 is 2.00 bits per heavy atom. The topological polar surface area (TPSA) is 84.3 Å². The number of carboxylic acids is 1. The highest BCUT2D eigenvalue weighted by molar-refractivity contribution is 9.10. The SMILES string of the molecule is CC(=O)C(CCCCC(=O)O)C(=O)c1cncc(Br)c1. The summed E-state index contributed by atoms with van der Waals surface area (Å²) in [5.41, 5.74) is 0.387. The first-order valence-corrected chi connectivity index (χ1v) is 7.08. The first kappa shape index (κ1) is 16.5. The van der Waals surface area contributed by atoms with Crippen molar-refractivity contribution in [2.24, 2.45) is 5.92 Å². The van der Waals surface area contributed by atoms with Crippen LogP contribution in [0, 0.1) is 5.92 Å². The molecule has 0 spiro atoms. The molecule has 0 aliphatic carbocycles. The van der Waals surface area contributed by atoms with Crippen LogP contribution in [0.5, 0.6) is 0 Å².